The molecule has 1 aliphatic rings. The first kappa shape index (κ1) is 8.02. The van der Waals surface area contributed by atoms with Gasteiger partial charge < -0.3 is 9.80 Å². The molecule has 10 heavy (non-hydrogen) atoms. The average Bonchev–Trinajstić information content (AvgIpc) is 1.84. The Hall–Kier alpha value is -0.0800. The molecule has 1 fully saturated rings. The standard InChI is InChI=1S/C8H18N2/c1-7-5-10(4)8(2)6-9(7)3/h7-8H,5-6H2,1-4H3/t7-,8?/m0/s1. The number of rotatable bonds is 0. The van der Waals surface area contributed by atoms with Gasteiger partial charge in [0.05, 0.1) is 0 Å². The molecule has 2 heteroatoms. The first-order chi connectivity index (χ1) is 4.61. The molecule has 1 aliphatic heterocycles. The fraction of sp³-hybridized carbons (Fsp3) is 1.00. The fourth-order valence-corrected chi connectivity index (χ4v) is 1.47. The summed E-state index contributed by atoms with van der Waals surface area (Å²) in [5, 5.41) is 0. The van der Waals surface area contributed by atoms with Crippen LogP contribution < -0.4 is 0 Å². The smallest absolute Gasteiger partial charge is 0.0192 e. The van der Waals surface area contributed by atoms with Crippen molar-refractivity contribution in [3.63, 3.8) is 0 Å². The maximum Gasteiger partial charge on any atom is 0.0192 e. The molecule has 2 nitrogen and oxygen atoms in total. The molecule has 0 aromatic heterocycles. The van der Waals surface area contributed by atoms with Gasteiger partial charge in [0.25, 0.3) is 0 Å². The second kappa shape index (κ2) is 2.89. The molecule has 0 radical (unpaired) electrons. The molecule has 0 aromatic carbocycles. The van der Waals surface area contributed by atoms with Gasteiger partial charge in [-0.15, -0.1) is 0 Å². The molecule has 1 rings (SSSR count). The lowest BCUT2D eigenvalue weighted by Gasteiger charge is -2.40. The first-order valence-electron chi connectivity index (χ1n) is 4.01. The lowest BCUT2D eigenvalue weighted by atomic mass is 10.1. The second-order valence-corrected chi connectivity index (χ2v) is 3.58. The number of piperazine rings is 1. The zero-order chi connectivity index (χ0) is 7.72. The molecule has 1 heterocycles. The van der Waals surface area contributed by atoms with E-state index in [1.54, 1.807) is 0 Å². The number of hydrogen-bond acceptors (Lipinski definition) is 2. The van der Waals surface area contributed by atoms with E-state index in [1.165, 1.54) is 13.1 Å². The molecule has 0 spiro atoms. The third kappa shape index (κ3) is 1.50. The summed E-state index contributed by atoms with van der Waals surface area (Å²) in [7, 11) is 4.41. The predicted octanol–water partition coefficient (Wildman–Crippen LogP) is 0.641. The van der Waals surface area contributed by atoms with Crippen molar-refractivity contribution in [1.29, 1.82) is 0 Å². The van der Waals surface area contributed by atoms with Gasteiger partial charge in [0.1, 0.15) is 0 Å². The van der Waals surface area contributed by atoms with E-state index in [4.69, 9.17) is 0 Å². The van der Waals surface area contributed by atoms with Crippen LogP contribution in [0.25, 0.3) is 0 Å². The van der Waals surface area contributed by atoms with E-state index in [0.717, 1.165) is 12.1 Å². The minimum absolute atomic E-state index is 0.723. The van der Waals surface area contributed by atoms with E-state index in [0.29, 0.717) is 0 Å². The van der Waals surface area contributed by atoms with Crippen molar-refractivity contribution < 1.29 is 0 Å². The van der Waals surface area contributed by atoms with Crippen molar-refractivity contribution >= 4 is 0 Å². The van der Waals surface area contributed by atoms with Crippen LogP contribution >= 0.6 is 0 Å². The summed E-state index contributed by atoms with van der Waals surface area (Å²) in [4.78, 5) is 4.84. The normalized spacial score (nSPS) is 38.4. The van der Waals surface area contributed by atoms with Crippen LogP contribution in [0, 0.1) is 0 Å². The Kier molecular flexibility index (Phi) is 2.32. The van der Waals surface area contributed by atoms with E-state index in [-0.39, 0.29) is 0 Å². The highest BCUT2D eigenvalue weighted by molar-refractivity contribution is 4.79. The summed E-state index contributed by atoms with van der Waals surface area (Å²) >= 11 is 0. The van der Waals surface area contributed by atoms with Crippen LogP contribution in [-0.2, 0) is 0 Å². The van der Waals surface area contributed by atoms with Crippen LogP contribution in [0.1, 0.15) is 13.8 Å². The quantitative estimate of drug-likeness (QED) is 0.490. The Balaban J connectivity index is 2.46. The molecule has 0 aromatic rings. The van der Waals surface area contributed by atoms with Gasteiger partial charge in [0, 0.05) is 25.2 Å². The molecular formula is C8H18N2. The molecular weight excluding hydrogens is 124 g/mol. The molecule has 0 saturated carbocycles. The summed E-state index contributed by atoms with van der Waals surface area (Å²) < 4.78 is 0. The number of hydrogen-bond donors (Lipinski definition) is 0. The van der Waals surface area contributed by atoms with Crippen molar-refractivity contribution in [2.24, 2.45) is 0 Å². The van der Waals surface area contributed by atoms with E-state index in [2.05, 4.69) is 37.7 Å². The van der Waals surface area contributed by atoms with Gasteiger partial charge in [0.15, 0.2) is 0 Å². The summed E-state index contributed by atoms with van der Waals surface area (Å²) in [5.41, 5.74) is 0. The van der Waals surface area contributed by atoms with Crippen molar-refractivity contribution in [2.45, 2.75) is 25.9 Å². The Labute approximate surface area is 63.8 Å². The highest BCUT2D eigenvalue weighted by atomic mass is 15.3. The molecule has 60 valence electrons. The third-order valence-electron chi connectivity index (χ3n) is 2.61. The Morgan fingerprint density at radius 1 is 0.900 bits per heavy atom. The Morgan fingerprint density at radius 2 is 1.20 bits per heavy atom. The summed E-state index contributed by atoms with van der Waals surface area (Å²) in [6, 6.07) is 1.45. The summed E-state index contributed by atoms with van der Waals surface area (Å²) in [5.74, 6) is 0. The Morgan fingerprint density at radius 3 is 1.50 bits per heavy atom. The zero-order valence-corrected chi connectivity index (χ0v) is 7.46. The van der Waals surface area contributed by atoms with Gasteiger partial charge in [-0.25, -0.2) is 0 Å². The van der Waals surface area contributed by atoms with Crippen molar-refractivity contribution in [2.75, 3.05) is 27.2 Å². The topological polar surface area (TPSA) is 6.48 Å². The summed E-state index contributed by atoms with van der Waals surface area (Å²) in [6.45, 7) is 6.97. The van der Waals surface area contributed by atoms with E-state index >= 15 is 0 Å². The van der Waals surface area contributed by atoms with Crippen LogP contribution in [0.15, 0.2) is 0 Å². The predicted molar refractivity (Wildman–Crippen MR) is 44.2 cm³/mol. The van der Waals surface area contributed by atoms with Gasteiger partial charge in [-0.2, -0.15) is 0 Å². The monoisotopic (exact) mass is 142 g/mol. The average molecular weight is 142 g/mol. The first-order valence-corrected chi connectivity index (χ1v) is 4.01. The maximum absolute atomic E-state index is 2.42. The zero-order valence-electron chi connectivity index (χ0n) is 7.46. The summed E-state index contributed by atoms with van der Waals surface area (Å²) in [6.07, 6.45) is 0. The van der Waals surface area contributed by atoms with E-state index in [1.807, 2.05) is 0 Å². The number of nitrogens with zero attached hydrogens (tertiary/aromatic N) is 2. The minimum Gasteiger partial charge on any atom is -0.301 e. The van der Waals surface area contributed by atoms with Crippen LogP contribution in [0.5, 0.6) is 0 Å². The van der Waals surface area contributed by atoms with Gasteiger partial charge in [-0.3, -0.25) is 0 Å². The third-order valence-corrected chi connectivity index (χ3v) is 2.61. The van der Waals surface area contributed by atoms with Crippen LogP contribution in [0.4, 0.5) is 0 Å². The van der Waals surface area contributed by atoms with E-state index < -0.39 is 0 Å². The maximum atomic E-state index is 2.42. The van der Waals surface area contributed by atoms with Gasteiger partial charge >= 0.3 is 0 Å². The SMILES string of the molecule is CC1CN(C)[C@@H](C)CN1C. The molecule has 0 aliphatic carbocycles. The largest absolute Gasteiger partial charge is 0.301 e. The highest BCUT2D eigenvalue weighted by Crippen LogP contribution is 2.09. The van der Waals surface area contributed by atoms with Gasteiger partial charge in [-0.05, 0) is 27.9 Å². The van der Waals surface area contributed by atoms with Gasteiger partial charge in [0.2, 0.25) is 0 Å². The van der Waals surface area contributed by atoms with E-state index in [9.17, 15) is 0 Å². The molecule has 2 atom stereocenters. The van der Waals surface area contributed by atoms with Crippen LogP contribution in [0.2, 0.25) is 0 Å². The lowest BCUT2D eigenvalue weighted by molar-refractivity contribution is 0.0803. The van der Waals surface area contributed by atoms with Gasteiger partial charge in [-0.1, -0.05) is 0 Å². The minimum atomic E-state index is 0.723. The van der Waals surface area contributed by atoms with Crippen molar-refractivity contribution in [3.8, 4) is 0 Å². The Bertz CT molecular complexity index is 87.8. The van der Waals surface area contributed by atoms with Crippen LogP contribution in [0.3, 0.4) is 0 Å². The second-order valence-electron chi connectivity index (χ2n) is 3.58. The van der Waals surface area contributed by atoms with Crippen LogP contribution in [-0.4, -0.2) is 49.1 Å². The molecule has 0 amide bonds. The highest BCUT2D eigenvalue weighted by Gasteiger charge is 2.22. The molecule has 1 unspecified atom stereocenters. The van der Waals surface area contributed by atoms with Crippen molar-refractivity contribution in [3.05, 3.63) is 0 Å². The van der Waals surface area contributed by atoms with Crippen molar-refractivity contribution in [1.82, 2.24) is 9.80 Å². The fourth-order valence-electron chi connectivity index (χ4n) is 1.47. The number of likely N-dealkylation sites (N-methyl/N-ethyl adjacent to an activating group) is 2. The molecule has 1 saturated heterocycles. The molecule has 0 bridgehead atoms. The molecule has 0 N–H and O–H groups in total. The lowest BCUT2D eigenvalue weighted by Crippen LogP contribution is -2.53.